The highest BCUT2D eigenvalue weighted by Crippen LogP contribution is 2.27. The Balaban J connectivity index is 2.21. The summed E-state index contributed by atoms with van der Waals surface area (Å²) < 4.78 is 22.1. The molecule has 1 unspecified atom stereocenters. The van der Waals surface area contributed by atoms with Crippen LogP contribution in [0.25, 0.3) is 0 Å². The van der Waals surface area contributed by atoms with Crippen LogP contribution in [0.1, 0.15) is 12.8 Å². The Morgan fingerprint density at radius 3 is 3.00 bits per heavy atom. The number of hydrogen-bond donors (Lipinski definition) is 2. The van der Waals surface area contributed by atoms with Crippen molar-refractivity contribution in [3.05, 3.63) is 23.5 Å². The van der Waals surface area contributed by atoms with Crippen LogP contribution in [-0.2, 0) is 11.3 Å². The van der Waals surface area contributed by atoms with Gasteiger partial charge >= 0.3 is 6.09 Å². The van der Waals surface area contributed by atoms with Gasteiger partial charge in [0.25, 0.3) is 11.3 Å². The van der Waals surface area contributed by atoms with Crippen molar-refractivity contribution in [3.8, 4) is 0 Å². The second kappa shape index (κ2) is 6.38. The van der Waals surface area contributed by atoms with Gasteiger partial charge < -0.3 is 10.0 Å². The van der Waals surface area contributed by atoms with E-state index in [-0.39, 0.29) is 17.7 Å². The molecule has 0 saturated carbocycles. The van der Waals surface area contributed by atoms with Gasteiger partial charge in [-0.05, 0) is 25.0 Å². The predicted octanol–water partition coefficient (Wildman–Crippen LogP) is 1.82. The third-order valence-corrected chi connectivity index (χ3v) is 4.21. The minimum Gasteiger partial charge on any atom is -0.465 e. The summed E-state index contributed by atoms with van der Waals surface area (Å²) in [6.07, 6.45) is 1.85. The number of rotatable bonds is 4. The summed E-state index contributed by atoms with van der Waals surface area (Å²) in [7, 11) is 0. The van der Waals surface area contributed by atoms with Crippen molar-refractivity contribution in [3.63, 3.8) is 0 Å². The van der Waals surface area contributed by atoms with E-state index in [1.807, 2.05) is 0 Å². The third-order valence-electron chi connectivity index (χ3n) is 3.20. The van der Waals surface area contributed by atoms with Gasteiger partial charge in [0.2, 0.25) is 0 Å². The van der Waals surface area contributed by atoms with Crippen molar-refractivity contribution in [2.45, 2.75) is 18.9 Å². The molecule has 1 aliphatic heterocycles. The zero-order valence-corrected chi connectivity index (χ0v) is 12.0. The molecule has 0 aliphatic carbocycles. The van der Waals surface area contributed by atoms with E-state index in [0.717, 1.165) is 10.7 Å². The average molecular weight is 320 g/mol. The van der Waals surface area contributed by atoms with Gasteiger partial charge in [-0.15, -0.1) is 0 Å². The lowest BCUT2D eigenvalue weighted by Crippen LogP contribution is -2.43. The molecule has 1 aliphatic rings. The van der Waals surface area contributed by atoms with Crippen molar-refractivity contribution in [2.24, 2.45) is 0 Å². The van der Waals surface area contributed by atoms with Crippen LogP contribution in [0.5, 0.6) is 0 Å². The number of carbonyl (C=O) groups is 1. The lowest BCUT2D eigenvalue weighted by atomic mass is 10.2. The highest BCUT2D eigenvalue weighted by molar-refractivity contribution is 7.80. The van der Waals surface area contributed by atoms with Gasteiger partial charge in [0.05, 0.1) is 18.3 Å². The largest absolute Gasteiger partial charge is 0.465 e. The average Bonchev–Trinajstić information content (AvgIpc) is 2.85. The van der Waals surface area contributed by atoms with E-state index in [9.17, 15) is 13.6 Å². The molecule has 110 valence electrons. The van der Waals surface area contributed by atoms with E-state index in [2.05, 4.69) is 4.98 Å². The van der Waals surface area contributed by atoms with E-state index in [0.29, 0.717) is 18.7 Å². The lowest BCUT2D eigenvalue weighted by molar-refractivity contribution is 0.141. The molecule has 0 bridgehead atoms. The van der Waals surface area contributed by atoms with Gasteiger partial charge in [0.1, 0.15) is 0 Å². The molecule has 1 fully saturated rings. The Morgan fingerprint density at radius 2 is 2.40 bits per heavy atom. The monoisotopic (exact) mass is 319 g/mol. The van der Waals surface area contributed by atoms with Gasteiger partial charge in [-0.1, -0.05) is 11.6 Å². The first-order valence-electron chi connectivity index (χ1n) is 5.99. The molecule has 0 radical (unpaired) electrons. The molecule has 0 spiro atoms. The standard InChI is InChI=1S/C11H14ClN3O4S/c12-10-9(4-1-5-13-10)15(20(18)19)7-8-3-2-6-14(8)11(16)17/h1,4-5,8H,2-3,6-7H2,(H,16,17)(H,18,19)/t8-/m1/s1. The molecule has 7 nitrogen and oxygen atoms in total. The molecule has 2 N–H and O–H groups in total. The Bertz CT molecular complexity index is 530. The third kappa shape index (κ3) is 3.20. The van der Waals surface area contributed by atoms with Crippen molar-refractivity contribution >= 4 is 34.6 Å². The van der Waals surface area contributed by atoms with Crippen molar-refractivity contribution in [2.75, 3.05) is 17.4 Å². The summed E-state index contributed by atoms with van der Waals surface area (Å²) in [5, 5.41) is 9.20. The summed E-state index contributed by atoms with van der Waals surface area (Å²) in [4.78, 5) is 16.2. The molecule has 2 heterocycles. The van der Waals surface area contributed by atoms with E-state index < -0.39 is 17.4 Å². The minimum atomic E-state index is -2.30. The van der Waals surface area contributed by atoms with Crippen molar-refractivity contribution < 1.29 is 18.7 Å². The maximum Gasteiger partial charge on any atom is 0.407 e. The number of amides is 1. The lowest BCUT2D eigenvalue weighted by Gasteiger charge is -2.28. The van der Waals surface area contributed by atoms with Gasteiger partial charge in [-0.25, -0.2) is 14.0 Å². The summed E-state index contributed by atoms with van der Waals surface area (Å²) in [6, 6.07) is 2.84. The fraction of sp³-hybridized carbons (Fsp3) is 0.455. The van der Waals surface area contributed by atoms with Crippen molar-refractivity contribution in [1.29, 1.82) is 0 Å². The molecular weight excluding hydrogens is 306 g/mol. The summed E-state index contributed by atoms with van der Waals surface area (Å²) in [5.41, 5.74) is 0.312. The molecular formula is C11H14ClN3O4S. The van der Waals surface area contributed by atoms with Crippen LogP contribution < -0.4 is 4.31 Å². The second-order valence-electron chi connectivity index (χ2n) is 4.38. The zero-order chi connectivity index (χ0) is 14.7. The van der Waals surface area contributed by atoms with Crippen LogP contribution >= 0.6 is 11.6 Å². The van der Waals surface area contributed by atoms with Crippen LogP contribution in [0.3, 0.4) is 0 Å². The van der Waals surface area contributed by atoms with Crippen LogP contribution in [0.2, 0.25) is 5.15 Å². The van der Waals surface area contributed by atoms with E-state index in [1.165, 1.54) is 11.1 Å². The molecule has 0 aromatic carbocycles. The molecule has 2 rings (SSSR count). The van der Waals surface area contributed by atoms with Gasteiger partial charge in [0.15, 0.2) is 5.15 Å². The van der Waals surface area contributed by atoms with Crippen LogP contribution in [0.15, 0.2) is 18.3 Å². The number of carboxylic acid groups (broad SMARTS) is 1. The summed E-state index contributed by atoms with van der Waals surface area (Å²) in [5.74, 6) is 0. The van der Waals surface area contributed by atoms with E-state index in [1.54, 1.807) is 12.1 Å². The smallest absolute Gasteiger partial charge is 0.407 e. The summed E-state index contributed by atoms with van der Waals surface area (Å²) in [6.45, 7) is 0.535. The fourth-order valence-corrected chi connectivity index (χ4v) is 3.17. The number of pyridine rings is 1. The molecule has 1 saturated heterocycles. The highest BCUT2D eigenvalue weighted by atomic mass is 35.5. The van der Waals surface area contributed by atoms with Crippen LogP contribution in [-0.4, -0.2) is 49.0 Å². The van der Waals surface area contributed by atoms with Crippen LogP contribution in [0.4, 0.5) is 10.5 Å². The van der Waals surface area contributed by atoms with Crippen molar-refractivity contribution in [1.82, 2.24) is 9.88 Å². The van der Waals surface area contributed by atoms with Gasteiger partial charge in [0, 0.05) is 12.7 Å². The highest BCUT2D eigenvalue weighted by Gasteiger charge is 2.32. The Morgan fingerprint density at radius 1 is 1.65 bits per heavy atom. The van der Waals surface area contributed by atoms with E-state index >= 15 is 0 Å². The Hall–Kier alpha value is -1.38. The number of likely N-dealkylation sites (tertiary alicyclic amines) is 1. The van der Waals surface area contributed by atoms with Gasteiger partial charge in [-0.3, -0.25) is 8.86 Å². The number of halogens is 1. The summed E-state index contributed by atoms with van der Waals surface area (Å²) >= 11 is 3.62. The molecule has 2 atom stereocenters. The zero-order valence-electron chi connectivity index (χ0n) is 10.5. The maximum atomic E-state index is 11.5. The molecule has 20 heavy (non-hydrogen) atoms. The Kier molecular flexibility index (Phi) is 4.79. The molecule has 1 aromatic rings. The first kappa shape index (κ1) is 15.0. The fourth-order valence-electron chi connectivity index (χ4n) is 2.28. The maximum absolute atomic E-state index is 11.5. The SMILES string of the molecule is O=C(O)N1CCC[C@@H]1CN(c1cccnc1Cl)S(=O)O. The topological polar surface area (TPSA) is 94.0 Å². The minimum absolute atomic E-state index is 0.0980. The van der Waals surface area contributed by atoms with E-state index in [4.69, 9.17) is 16.7 Å². The molecule has 9 heteroatoms. The normalized spacial score (nSPS) is 19.9. The predicted molar refractivity (Wildman–Crippen MR) is 75.1 cm³/mol. The number of aromatic nitrogens is 1. The number of hydrogen-bond acceptors (Lipinski definition) is 3. The Labute approximate surface area is 123 Å². The van der Waals surface area contributed by atoms with Gasteiger partial charge in [-0.2, -0.15) is 0 Å². The number of anilines is 1. The first-order valence-corrected chi connectivity index (χ1v) is 7.43. The molecule has 1 amide bonds. The van der Waals surface area contributed by atoms with Crippen LogP contribution in [0, 0.1) is 0 Å². The molecule has 1 aromatic heterocycles. The first-order chi connectivity index (χ1) is 9.50. The second-order valence-corrected chi connectivity index (χ2v) is 5.64. The quantitative estimate of drug-likeness (QED) is 0.652. The number of nitrogens with zero attached hydrogens (tertiary/aromatic N) is 3.